The lowest BCUT2D eigenvalue weighted by Gasteiger charge is -2.36. The molecule has 1 N–H and O–H groups in total. The van der Waals surface area contributed by atoms with Crippen molar-refractivity contribution in [1.29, 1.82) is 0 Å². The summed E-state index contributed by atoms with van der Waals surface area (Å²) in [5.41, 5.74) is 2.00. The number of allylic oxidation sites excluding steroid dienone is 2. The number of benzene rings is 1. The van der Waals surface area contributed by atoms with Crippen molar-refractivity contribution in [2.24, 2.45) is 0 Å². The second kappa shape index (κ2) is 6.80. The van der Waals surface area contributed by atoms with Crippen molar-refractivity contribution in [3.05, 3.63) is 78.3 Å². The highest BCUT2D eigenvalue weighted by Gasteiger charge is 2.37. The third-order valence-electron chi connectivity index (χ3n) is 4.87. The SMILES string of the molecule is C1=CC(OC2CCNCC2)(c2ccco2)CC=C1c1ccccc1. The first-order valence-electron chi connectivity index (χ1n) is 8.73. The van der Waals surface area contributed by atoms with Crippen LogP contribution in [0.15, 0.2) is 71.4 Å². The van der Waals surface area contributed by atoms with Crippen LogP contribution in [-0.2, 0) is 10.3 Å². The van der Waals surface area contributed by atoms with Gasteiger partial charge in [0.2, 0.25) is 0 Å². The fraction of sp³-hybridized carbons (Fsp3) is 0.333. The molecule has 1 aromatic carbocycles. The normalized spacial score (nSPS) is 24.8. The maximum atomic E-state index is 6.58. The molecule has 1 fully saturated rings. The molecule has 0 radical (unpaired) electrons. The molecule has 1 aliphatic heterocycles. The third-order valence-corrected chi connectivity index (χ3v) is 4.87. The highest BCUT2D eigenvalue weighted by molar-refractivity contribution is 5.75. The Bertz CT molecular complexity index is 712. The highest BCUT2D eigenvalue weighted by atomic mass is 16.5. The molecular formula is C21H23NO2. The summed E-state index contributed by atoms with van der Waals surface area (Å²) in [5, 5.41) is 3.39. The number of nitrogens with one attached hydrogen (secondary N) is 1. The van der Waals surface area contributed by atoms with Crippen LogP contribution in [0.4, 0.5) is 0 Å². The molecule has 4 rings (SSSR count). The number of rotatable bonds is 4. The Hall–Kier alpha value is -2.10. The molecule has 0 amide bonds. The summed E-state index contributed by atoms with van der Waals surface area (Å²) in [4.78, 5) is 0. The van der Waals surface area contributed by atoms with Gasteiger partial charge in [-0.3, -0.25) is 0 Å². The van der Waals surface area contributed by atoms with E-state index in [1.54, 1.807) is 6.26 Å². The second-order valence-corrected chi connectivity index (χ2v) is 6.50. The first kappa shape index (κ1) is 15.4. The van der Waals surface area contributed by atoms with E-state index in [1.165, 1.54) is 11.1 Å². The minimum absolute atomic E-state index is 0.271. The van der Waals surface area contributed by atoms with E-state index in [-0.39, 0.29) is 6.10 Å². The van der Waals surface area contributed by atoms with Gasteiger partial charge in [-0.25, -0.2) is 0 Å². The zero-order chi connectivity index (χ0) is 16.2. The topological polar surface area (TPSA) is 34.4 Å². The number of ether oxygens (including phenoxy) is 1. The van der Waals surface area contributed by atoms with Crippen LogP contribution in [0.3, 0.4) is 0 Å². The summed E-state index contributed by atoms with van der Waals surface area (Å²) in [6.07, 6.45) is 11.5. The molecule has 1 saturated heterocycles. The molecule has 2 heterocycles. The molecule has 0 bridgehead atoms. The van der Waals surface area contributed by atoms with E-state index in [9.17, 15) is 0 Å². The molecule has 3 heteroatoms. The predicted octanol–water partition coefficient (Wildman–Crippen LogP) is 4.29. The lowest BCUT2D eigenvalue weighted by molar-refractivity contribution is -0.0880. The molecule has 3 nitrogen and oxygen atoms in total. The van der Waals surface area contributed by atoms with E-state index in [4.69, 9.17) is 9.15 Å². The first-order chi connectivity index (χ1) is 11.9. The van der Waals surface area contributed by atoms with Crippen LogP contribution in [-0.4, -0.2) is 19.2 Å². The van der Waals surface area contributed by atoms with E-state index in [2.05, 4.69) is 47.8 Å². The molecule has 124 valence electrons. The van der Waals surface area contributed by atoms with Gasteiger partial charge >= 0.3 is 0 Å². The molecule has 1 aromatic heterocycles. The average Bonchev–Trinajstić information content (AvgIpc) is 3.19. The molecule has 2 aromatic rings. The molecule has 1 atom stereocenters. The zero-order valence-electron chi connectivity index (χ0n) is 13.8. The minimum atomic E-state index is -0.482. The van der Waals surface area contributed by atoms with Crippen LogP contribution in [0.1, 0.15) is 30.6 Å². The van der Waals surface area contributed by atoms with Crippen LogP contribution < -0.4 is 5.32 Å². The van der Waals surface area contributed by atoms with Gasteiger partial charge in [-0.15, -0.1) is 0 Å². The summed E-state index contributed by atoms with van der Waals surface area (Å²) in [6, 6.07) is 14.4. The van der Waals surface area contributed by atoms with E-state index in [0.29, 0.717) is 0 Å². The van der Waals surface area contributed by atoms with Gasteiger partial charge in [0.1, 0.15) is 11.4 Å². The van der Waals surface area contributed by atoms with Crippen molar-refractivity contribution in [1.82, 2.24) is 5.32 Å². The third kappa shape index (κ3) is 3.10. The summed E-state index contributed by atoms with van der Waals surface area (Å²) >= 11 is 0. The van der Waals surface area contributed by atoms with Crippen LogP contribution in [0.2, 0.25) is 0 Å². The van der Waals surface area contributed by atoms with Crippen LogP contribution >= 0.6 is 0 Å². The van der Waals surface area contributed by atoms with E-state index < -0.39 is 5.60 Å². The van der Waals surface area contributed by atoms with Crippen molar-refractivity contribution < 1.29 is 9.15 Å². The average molecular weight is 321 g/mol. The van der Waals surface area contributed by atoms with Crippen LogP contribution in [0.25, 0.3) is 5.57 Å². The Morgan fingerprint density at radius 1 is 1.04 bits per heavy atom. The zero-order valence-corrected chi connectivity index (χ0v) is 13.8. The fourth-order valence-electron chi connectivity index (χ4n) is 3.52. The van der Waals surface area contributed by atoms with E-state index in [1.807, 2.05) is 18.2 Å². The Morgan fingerprint density at radius 2 is 1.88 bits per heavy atom. The van der Waals surface area contributed by atoms with Crippen molar-refractivity contribution in [2.75, 3.05) is 13.1 Å². The molecular weight excluding hydrogens is 298 g/mol. The summed E-state index contributed by atoms with van der Waals surface area (Å²) in [5.74, 6) is 0.889. The quantitative estimate of drug-likeness (QED) is 0.912. The lowest BCUT2D eigenvalue weighted by atomic mass is 9.87. The number of hydrogen-bond donors (Lipinski definition) is 1. The molecule has 0 saturated carbocycles. The predicted molar refractivity (Wildman–Crippen MR) is 95.5 cm³/mol. The van der Waals surface area contributed by atoms with Crippen molar-refractivity contribution in [2.45, 2.75) is 31.0 Å². The molecule has 24 heavy (non-hydrogen) atoms. The maximum absolute atomic E-state index is 6.58. The van der Waals surface area contributed by atoms with Gasteiger partial charge in [0.25, 0.3) is 0 Å². The second-order valence-electron chi connectivity index (χ2n) is 6.50. The summed E-state index contributed by atoms with van der Waals surface area (Å²) in [7, 11) is 0. The van der Waals surface area contributed by atoms with E-state index >= 15 is 0 Å². The Balaban J connectivity index is 1.59. The fourth-order valence-corrected chi connectivity index (χ4v) is 3.52. The van der Waals surface area contributed by atoms with Gasteiger partial charge in [-0.05, 0) is 55.3 Å². The molecule has 1 unspecified atom stereocenters. The summed E-state index contributed by atoms with van der Waals surface area (Å²) in [6.45, 7) is 2.04. The largest absolute Gasteiger partial charge is 0.466 e. The monoisotopic (exact) mass is 321 g/mol. The maximum Gasteiger partial charge on any atom is 0.148 e. The van der Waals surface area contributed by atoms with Crippen LogP contribution in [0.5, 0.6) is 0 Å². The lowest BCUT2D eigenvalue weighted by Crippen LogP contribution is -2.39. The smallest absolute Gasteiger partial charge is 0.148 e. The number of furan rings is 1. The summed E-state index contributed by atoms with van der Waals surface area (Å²) < 4.78 is 12.3. The van der Waals surface area contributed by atoms with Crippen LogP contribution in [0, 0.1) is 0 Å². The Labute approximate surface area is 143 Å². The van der Waals surface area contributed by atoms with Crippen molar-refractivity contribution in [3.8, 4) is 0 Å². The molecule has 1 aliphatic carbocycles. The van der Waals surface area contributed by atoms with E-state index in [0.717, 1.165) is 38.1 Å². The minimum Gasteiger partial charge on any atom is -0.466 e. The van der Waals surface area contributed by atoms with Gasteiger partial charge in [-0.1, -0.05) is 42.5 Å². The Morgan fingerprint density at radius 3 is 2.54 bits per heavy atom. The Kier molecular flexibility index (Phi) is 4.37. The van der Waals surface area contributed by atoms with Crippen molar-refractivity contribution in [3.63, 3.8) is 0 Å². The first-order valence-corrected chi connectivity index (χ1v) is 8.73. The standard InChI is InChI=1S/C21H23NO2/c1-2-5-17(6-3-1)18-8-12-21(13-9-18,20-7-4-16-23-20)24-19-10-14-22-15-11-19/h1-9,12,16,19,22H,10-11,13-15H2. The van der Waals surface area contributed by atoms with Gasteiger partial charge in [0.15, 0.2) is 0 Å². The number of hydrogen-bond acceptors (Lipinski definition) is 3. The van der Waals surface area contributed by atoms with Gasteiger partial charge in [0.05, 0.1) is 12.4 Å². The van der Waals surface area contributed by atoms with Gasteiger partial charge in [0, 0.05) is 6.42 Å². The van der Waals surface area contributed by atoms with Gasteiger partial charge in [-0.2, -0.15) is 0 Å². The van der Waals surface area contributed by atoms with Crippen molar-refractivity contribution >= 4 is 5.57 Å². The number of piperidine rings is 1. The molecule has 0 spiro atoms. The van der Waals surface area contributed by atoms with Gasteiger partial charge < -0.3 is 14.5 Å². The highest BCUT2D eigenvalue weighted by Crippen LogP contribution is 2.39. The molecule has 2 aliphatic rings.